The quantitative estimate of drug-likeness (QED) is 0.532. The van der Waals surface area contributed by atoms with Crippen LogP contribution < -0.4 is 5.32 Å². The van der Waals surface area contributed by atoms with Crippen molar-refractivity contribution >= 4 is 5.97 Å². The molecule has 0 aliphatic carbocycles. The van der Waals surface area contributed by atoms with Gasteiger partial charge in [-0.25, -0.2) is 4.79 Å². The van der Waals surface area contributed by atoms with Crippen molar-refractivity contribution in [3.8, 4) is 0 Å². The largest absolute Gasteiger partial charge is 0.478 e. The highest BCUT2D eigenvalue weighted by atomic mass is 16.4. The third kappa shape index (κ3) is 4.99. The maximum absolute atomic E-state index is 10.6. The van der Waals surface area contributed by atoms with Gasteiger partial charge >= 0.3 is 5.97 Å². The van der Waals surface area contributed by atoms with Gasteiger partial charge in [0.25, 0.3) is 0 Å². The molecule has 0 heterocycles. The molecular formula is C10H19NO3. The predicted octanol–water partition coefficient (Wildman–Crippen LogP) is 0.768. The minimum atomic E-state index is -0.869. The van der Waals surface area contributed by atoms with Crippen LogP contribution in [0.3, 0.4) is 0 Å². The second-order valence-corrected chi connectivity index (χ2v) is 3.08. The van der Waals surface area contributed by atoms with Crippen LogP contribution in [0.4, 0.5) is 0 Å². The van der Waals surface area contributed by atoms with Gasteiger partial charge in [-0.05, 0) is 12.8 Å². The molecule has 0 saturated carbocycles. The third-order valence-corrected chi connectivity index (χ3v) is 2.12. The fourth-order valence-electron chi connectivity index (χ4n) is 1.07. The number of aliphatic carboxylic acids is 1. The Morgan fingerprint density at radius 3 is 2.50 bits per heavy atom. The van der Waals surface area contributed by atoms with Gasteiger partial charge in [0.1, 0.15) is 0 Å². The van der Waals surface area contributed by atoms with Crippen LogP contribution in [0.5, 0.6) is 0 Å². The van der Waals surface area contributed by atoms with Crippen LogP contribution in [0.25, 0.3) is 0 Å². The van der Waals surface area contributed by atoms with Gasteiger partial charge in [0.15, 0.2) is 0 Å². The highest BCUT2D eigenvalue weighted by Crippen LogP contribution is 1.99. The van der Waals surface area contributed by atoms with Crippen molar-refractivity contribution in [1.29, 1.82) is 0 Å². The van der Waals surface area contributed by atoms with Gasteiger partial charge in [0, 0.05) is 18.2 Å². The number of carboxylic acids is 1. The molecule has 4 heteroatoms. The molecule has 0 aliphatic rings. The molecule has 0 saturated heterocycles. The lowest BCUT2D eigenvalue weighted by Gasteiger charge is -2.12. The van der Waals surface area contributed by atoms with Crippen molar-refractivity contribution in [3.05, 3.63) is 11.6 Å². The Morgan fingerprint density at radius 1 is 1.50 bits per heavy atom. The molecule has 0 radical (unpaired) electrons. The summed E-state index contributed by atoms with van der Waals surface area (Å²) in [5, 5.41) is 20.6. The van der Waals surface area contributed by atoms with Gasteiger partial charge < -0.3 is 15.5 Å². The van der Waals surface area contributed by atoms with E-state index >= 15 is 0 Å². The lowest BCUT2D eigenvalue weighted by atomic mass is 10.2. The molecular weight excluding hydrogens is 182 g/mol. The Labute approximate surface area is 84.6 Å². The van der Waals surface area contributed by atoms with Crippen molar-refractivity contribution in [2.75, 3.05) is 13.2 Å². The van der Waals surface area contributed by atoms with E-state index in [1.807, 2.05) is 13.8 Å². The number of carboxylic acid groups (broad SMARTS) is 1. The first-order valence-electron chi connectivity index (χ1n) is 4.92. The number of aliphatic hydroxyl groups excluding tert-OH is 1. The number of aliphatic hydroxyl groups is 1. The molecule has 0 bridgehead atoms. The summed E-state index contributed by atoms with van der Waals surface area (Å²) < 4.78 is 0. The monoisotopic (exact) mass is 201 g/mol. The summed E-state index contributed by atoms with van der Waals surface area (Å²) in [6.45, 7) is 4.35. The smallest absolute Gasteiger partial charge is 0.331 e. The van der Waals surface area contributed by atoms with Crippen molar-refractivity contribution in [2.24, 2.45) is 0 Å². The van der Waals surface area contributed by atoms with Gasteiger partial charge in [0.2, 0.25) is 0 Å². The summed E-state index contributed by atoms with van der Waals surface area (Å²) in [5.41, 5.74) is 0.408. The summed E-state index contributed by atoms with van der Waals surface area (Å²) in [4.78, 5) is 10.6. The van der Waals surface area contributed by atoms with Crippen molar-refractivity contribution in [1.82, 2.24) is 5.32 Å². The van der Waals surface area contributed by atoms with E-state index in [1.165, 1.54) is 0 Å². The lowest BCUT2D eigenvalue weighted by molar-refractivity contribution is -0.132. The molecule has 0 aliphatic heterocycles. The van der Waals surface area contributed by atoms with E-state index in [0.29, 0.717) is 18.5 Å². The number of hydrogen-bond acceptors (Lipinski definition) is 3. The average molecular weight is 201 g/mol. The van der Waals surface area contributed by atoms with Crippen molar-refractivity contribution < 1.29 is 15.0 Å². The summed E-state index contributed by atoms with van der Waals surface area (Å²) in [7, 11) is 0. The number of hydrogen-bond donors (Lipinski definition) is 3. The average Bonchev–Trinajstić information content (AvgIpc) is 2.18. The second kappa shape index (κ2) is 7.53. The van der Waals surface area contributed by atoms with Gasteiger partial charge in [-0.3, -0.25) is 0 Å². The van der Waals surface area contributed by atoms with Crippen LogP contribution in [0.1, 0.15) is 26.7 Å². The maximum atomic E-state index is 10.6. The highest BCUT2D eigenvalue weighted by molar-refractivity contribution is 5.86. The van der Waals surface area contributed by atoms with Crippen LogP contribution in [0, 0.1) is 0 Å². The van der Waals surface area contributed by atoms with Crippen LogP contribution in [-0.4, -0.2) is 35.4 Å². The first kappa shape index (κ1) is 13.1. The predicted molar refractivity (Wildman–Crippen MR) is 55.2 cm³/mol. The van der Waals surface area contributed by atoms with E-state index in [-0.39, 0.29) is 12.6 Å². The van der Waals surface area contributed by atoms with Gasteiger partial charge in [-0.2, -0.15) is 0 Å². The zero-order chi connectivity index (χ0) is 11.0. The van der Waals surface area contributed by atoms with Gasteiger partial charge in [0.05, 0.1) is 6.61 Å². The van der Waals surface area contributed by atoms with Crippen molar-refractivity contribution in [3.63, 3.8) is 0 Å². The van der Waals surface area contributed by atoms with E-state index in [2.05, 4.69) is 5.32 Å². The Morgan fingerprint density at radius 2 is 2.14 bits per heavy atom. The standard InChI is InChI=1S/C10H19NO3/c1-3-8(10(13)14)5-6-11-9(4-2)7-12/h5,9,11-12H,3-4,6-7H2,1-2H3,(H,13,14)/b8-5-. The topological polar surface area (TPSA) is 69.6 Å². The minimum Gasteiger partial charge on any atom is -0.478 e. The van der Waals surface area contributed by atoms with E-state index in [9.17, 15) is 4.79 Å². The molecule has 0 spiro atoms. The fourth-order valence-corrected chi connectivity index (χ4v) is 1.07. The molecule has 3 N–H and O–H groups in total. The Kier molecular flexibility index (Phi) is 7.06. The maximum Gasteiger partial charge on any atom is 0.331 e. The molecule has 0 rings (SSSR count). The summed E-state index contributed by atoms with van der Waals surface area (Å²) in [6.07, 6.45) is 3.01. The Balaban J connectivity index is 3.94. The van der Waals surface area contributed by atoms with Crippen LogP contribution in [0.2, 0.25) is 0 Å². The first-order valence-corrected chi connectivity index (χ1v) is 4.92. The van der Waals surface area contributed by atoms with Gasteiger partial charge in [-0.1, -0.05) is 19.9 Å². The summed E-state index contributed by atoms with van der Waals surface area (Å²) >= 11 is 0. The molecule has 0 amide bonds. The summed E-state index contributed by atoms with van der Waals surface area (Å²) in [6, 6.07) is 0.0538. The van der Waals surface area contributed by atoms with Crippen LogP contribution >= 0.6 is 0 Å². The van der Waals surface area contributed by atoms with Gasteiger partial charge in [-0.15, -0.1) is 0 Å². The van der Waals surface area contributed by atoms with E-state index in [0.717, 1.165) is 6.42 Å². The van der Waals surface area contributed by atoms with E-state index in [4.69, 9.17) is 10.2 Å². The number of nitrogens with one attached hydrogen (secondary N) is 1. The van der Waals surface area contributed by atoms with Crippen molar-refractivity contribution in [2.45, 2.75) is 32.7 Å². The summed E-state index contributed by atoms with van der Waals surface area (Å²) in [5.74, 6) is -0.869. The molecule has 0 fully saturated rings. The van der Waals surface area contributed by atoms with E-state index in [1.54, 1.807) is 6.08 Å². The molecule has 1 atom stereocenters. The third-order valence-electron chi connectivity index (χ3n) is 2.12. The first-order chi connectivity index (χ1) is 6.65. The Hall–Kier alpha value is -0.870. The second-order valence-electron chi connectivity index (χ2n) is 3.08. The zero-order valence-corrected chi connectivity index (χ0v) is 8.79. The zero-order valence-electron chi connectivity index (χ0n) is 8.79. The number of rotatable bonds is 7. The number of carbonyl (C=O) groups is 1. The van der Waals surface area contributed by atoms with Crippen LogP contribution in [0.15, 0.2) is 11.6 Å². The normalized spacial score (nSPS) is 14.1. The molecule has 4 nitrogen and oxygen atoms in total. The minimum absolute atomic E-state index is 0.0538. The van der Waals surface area contributed by atoms with Crippen LogP contribution in [-0.2, 0) is 4.79 Å². The molecule has 0 aromatic heterocycles. The molecule has 0 aromatic carbocycles. The molecule has 1 unspecified atom stereocenters. The molecule has 0 aromatic rings. The van der Waals surface area contributed by atoms with E-state index < -0.39 is 5.97 Å². The SMILES string of the molecule is CC/C(=C/CNC(CC)CO)C(=O)O. The molecule has 82 valence electrons. The lowest BCUT2D eigenvalue weighted by Crippen LogP contribution is -2.32. The fraction of sp³-hybridized carbons (Fsp3) is 0.700. The Bertz CT molecular complexity index is 198. The molecule has 14 heavy (non-hydrogen) atoms. The highest BCUT2D eigenvalue weighted by Gasteiger charge is 2.04.